The molecule has 0 fully saturated rings. The summed E-state index contributed by atoms with van der Waals surface area (Å²) in [6, 6.07) is 15.4. The fraction of sp³-hybridized carbons (Fsp3) is 0.250. The van der Waals surface area contributed by atoms with Crippen LogP contribution in [0.2, 0.25) is 0 Å². The zero-order valence-electron chi connectivity index (χ0n) is 17.2. The van der Waals surface area contributed by atoms with Gasteiger partial charge in [-0.2, -0.15) is 0 Å². The number of rotatable bonds is 11. The maximum absolute atomic E-state index is 10.6. The quantitative estimate of drug-likeness (QED) is 0.304. The van der Waals surface area contributed by atoms with Gasteiger partial charge in [0.05, 0.1) is 6.54 Å². The number of anilines is 1. The smallest absolute Gasteiger partial charge is 0.139 e. The van der Waals surface area contributed by atoms with Gasteiger partial charge in [0.1, 0.15) is 30.2 Å². The molecule has 5 heteroatoms. The zero-order valence-corrected chi connectivity index (χ0v) is 17.2. The van der Waals surface area contributed by atoms with Gasteiger partial charge in [-0.25, -0.2) is 0 Å². The van der Waals surface area contributed by atoms with Crippen molar-refractivity contribution in [2.45, 2.75) is 27.2 Å². The van der Waals surface area contributed by atoms with E-state index in [9.17, 15) is 4.79 Å². The Kier molecular flexibility index (Phi) is 8.70. The second-order valence-corrected chi connectivity index (χ2v) is 6.51. The van der Waals surface area contributed by atoms with Gasteiger partial charge in [-0.3, -0.25) is 0 Å². The molecule has 0 bridgehead atoms. The molecule has 0 spiro atoms. The summed E-state index contributed by atoms with van der Waals surface area (Å²) in [6.45, 7) is 6.54. The van der Waals surface area contributed by atoms with Crippen LogP contribution in [0.15, 0.2) is 65.9 Å². The molecule has 152 valence electrons. The third-order valence-electron chi connectivity index (χ3n) is 4.32. The fourth-order valence-electron chi connectivity index (χ4n) is 2.61. The summed E-state index contributed by atoms with van der Waals surface area (Å²) in [7, 11) is 0. The summed E-state index contributed by atoms with van der Waals surface area (Å²) in [6.07, 6.45) is 4.96. The lowest BCUT2D eigenvalue weighted by atomic mass is 10.1. The molecule has 0 atom stereocenters. The summed E-state index contributed by atoms with van der Waals surface area (Å²) in [5.74, 6) is 2.29. The molecule has 2 rings (SSSR count). The molecule has 0 heterocycles. The number of benzene rings is 2. The van der Waals surface area contributed by atoms with Gasteiger partial charge in [0.2, 0.25) is 0 Å². The van der Waals surface area contributed by atoms with Crippen molar-refractivity contribution < 1.29 is 14.3 Å². The predicted octanol–water partition coefficient (Wildman–Crippen LogP) is 5.44. The van der Waals surface area contributed by atoms with Crippen LogP contribution >= 0.6 is 0 Å². The first-order valence-electron chi connectivity index (χ1n) is 9.63. The molecule has 0 radical (unpaired) electrons. The van der Waals surface area contributed by atoms with Gasteiger partial charge < -0.3 is 25.0 Å². The van der Waals surface area contributed by atoms with Gasteiger partial charge in [-0.1, -0.05) is 37.3 Å². The van der Waals surface area contributed by atoms with Crippen LogP contribution in [0.3, 0.4) is 0 Å². The molecule has 0 saturated heterocycles. The minimum absolute atomic E-state index is 0.183. The molecule has 29 heavy (non-hydrogen) atoms. The molecule has 0 unspecified atom stereocenters. The monoisotopic (exact) mass is 392 g/mol. The van der Waals surface area contributed by atoms with Gasteiger partial charge in [0.25, 0.3) is 0 Å². The van der Waals surface area contributed by atoms with Crippen LogP contribution in [0.1, 0.15) is 38.3 Å². The van der Waals surface area contributed by atoms with Gasteiger partial charge in [0.15, 0.2) is 0 Å². The van der Waals surface area contributed by atoms with Gasteiger partial charge in [-0.05, 0) is 38.5 Å². The van der Waals surface area contributed by atoms with E-state index in [1.54, 1.807) is 12.1 Å². The second-order valence-electron chi connectivity index (χ2n) is 6.51. The van der Waals surface area contributed by atoms with E-state index in [4.69, 9.17) is 14.9 Å². The van der Waals surface area contributed by atoms with Crippen molar-refractivity contribution in [1.29, 1.82) is 5.41 Å². The molecular formula is C24H28N2O3. The van der Waals surface area contributed by atoms with E-state index in [1.165, 1.54) is 6.21 Å². The van der Waals surface area contributed by atoms with Crippen molar-refractivity contribution in [2.24, 2.45) is 0 Å². The molecule has 5 nitrogen and oxygen atoms in total. The lowest BCUT2D eigenvalue weighted by molar-refractivity contribution is -0.106. The van der Waals surface area contributed by atoms with Crippen LogP contribution in [0.25, 0.3) is 5.76 Å². The van der Waals surface area contributed by atoms with Crippen molar-refractivity contribution in [2.75, 3.05) is 18.5 Å². The molecule has 0 aromatic heterocycles. The Bertz CT molecular complexity index is 886. The highest BCUT2D eigenvalue weighted by molar-refractivity contribution is 5.86. The van der Waals surface area contributed by atoms with E-state index in [2.05, 4.69) is 18.3 Å². The molecule has 0 saturated carbocycles. The van der Waals surface area contributed by atoms with Crippen LogP contribution in [0.5, 0.6) is 5.75 Å². The SMILES string of the molecule is CC/C=C(\O/C(C)=C(\C)COc1ccc(C=N)c(NCC=O)c1)c1ccccc1. The van der Waals surface area contributed by atoms with Crippen LogP contribution in [-0.2, 0) is 9.53 Å². The Morgan fingerprint density at radius 3 is 2.55 bits per heavy atom. The predicted molar refractivity (Wildman–Crippen MR) is 119 cm³/mol. The van der Waals surface area contributed by atoms with Gasteiger partial charge in [-0.15, -0.1) is 0 Å². The lowest BCUT2D eigenvalue weighted by Gasteiger charge is -2.15. The van der Waals surface area contributed by atoms with E-state index in [-0.39, 0.29) is 6.54 Å². The first-order valence-corrected chi connectivity index (χ1v) is 9.63. The molecule has 0 aliphatic heterocycles. The number of allylic oxidation sites excluding steroid dienone is 2. The van der Waals surface area contributed by atoms with E-state index >= 15 is 0 Å². The fourth-order valence-corrected chi connectivity index (χ4v) is 2.61. The van der Waals surface area contributed by atoms with Crippen LogP contribution in [0.4, 0.5) is 5.69 Å². The third kappa shape index (κ3) is 6.64. The Balaban J connectivity index is 2.09. The Morgan fingerprint density at radius 2 is 1.90 bits per heavy atom. The minimum atomic E-state index is 0.183. The highest BCUT2D eigenvalue weighted by atomic mass is 16.5. The molecular weight excluding hydrogens is 364 g/mol. The van der Waals surface area contributed by atoms with E-state index in [0.717, 1.165) is 35.4 Å². The van der Waals surface area contributed by atoms with E-state index in [0.29, 0.717) is 23.6 Å². The number of nitrogens with one attached hydrogen (secondary N) is 2. The zero-order chi connectivity index (χ0) is 21.1. The summed E-state index contributed by atoms with van der Waals surface area (Å²) >= 11 is 0. The minimum Gasteiger partial charge on any atom is -0.489 e. The molecule has 0 amide bonds. The highest BCUT2D eigenvalue weighted by Crippen LogP contribution is 2.24. The maximum Gasteiger partial charge on any atom is 0.139 e. The van der Waals surface area contributed by atoms with Crippen molar-refractivity contribution in [3.05, 3.63) is 77.1 Å². The number of carbonyl (C=O) groups excluding carboxylic acids is 1. The van der Waals surface area contributed by atoms with Crippen molar-refractivity contribution in [3.8, 4) is 5.75 Å². The number of hydrogen-bond donors (Lipinski definition) is 2. The summed E-state index contributed by atoms with van der Waals surface area (Å²) < 4.78 is 12.0. The summed E-state index contributed by atoms with van der Waals surface area (Å²) in [4.78, 5) is 10.6. The maximum atomic E-state index is 10.6. The molecule has 0 aliphatic carbocycles. The third-order valence-corrected chi connectivity index (χ3v) is 4.32. The topological polar surface area (TPSA) is 71.4 Å². The number of ether oxygens (including phenoxy) is 2. The van der Waals surface area contributed by atoms with Crippen molar-refractivity contribution >= 4 is 23.9 Å². The largest absolute Gasteiger partial charge is 0.489 e. The van der Waals surface area contributed by atoms with Gasteiger partial charge >= 0.3 is 0 Å². The molecule has 0 aliphatic rings. The Labute approximate surface area is 172 Å². The first-order chi connectivity index (χ1) is 14.1. The highest BCUT2D eigenvalue weighted by Gasteiger charge is 2.08. The first kappa shape index (κ1) is 22.0. The van der Waals surface area contributed by atoms with Crippen molar-refractivity contribution in [1.82, 2.24) is 0 Å². The average Bonchev–Trinajstić information content (AvgIpc) is 2.76. The van der Waals surface area contributed by atoms with Crippen molar-refractivity contribution in [3.63, 3.8) is 0 Å². The van der Waals surface area contributed by atoms with Crippen LogP contribution in [0, 0.1) is 5.41 Å². The normalized spacial score (nSPS) is 12.0. The Hall–Kier alpha value is -3.34. The number of hydrogen-bond acceptors (Lipinski definition) is 5. The molecule has 2 aromatic carbocycles. The lowest BCUT2D eigenvalue weighted by Crippen LogP contribution is -2.06. The number of aldehydes is 1. The van der Waals surface area contributed by atoms with E-state index < -0.39 is 0 Å². The summed E-state index contributed by atoms with van der Waals surface area (Å²) in [5.41, 5.74) is 3.40. The van der Waals surface area contributed by atoms with Crippen LogP contribution in [-0.4, -0.2) is 25.7 Å². The summed E-state index contributed by atoms with van der Waals surface area (Å²) in [5, 5.41) is 10.4. The molecule has 2 aromatic rings. The number of carbonyl (C=O) groups is 1. The standard InChI is InChI=1S/C24H28N2O3/c1-4-8-24(20-9-6-5-7-10-20)29-19(3)18(2)17-28-22-12-11-21(16-25)23(15-22)26-13-14-27/h5-12,14-16,25-26H,4,13,17H2,1-3H3/b19-18+,24-8-,25-16?. The van der Waals surface area contributed by atoms with Crippen LogP contribution < -0.4 is 10.1 Å². The molecule has 2 N–H and O–H groups in total. The average molecular weight is 392 g/mol. The second kappa shape index (κ2) is 11.5. The van der Waals surface area contributed by atoms with E-state index in [1.807, 2.05) is 50.2 Å². The van der Waals surface area contributed by atoms with Gasteiger partial charge in [0, 0.05) is 34.7 Å². The Morgan fingerprint density at radius 1 is 1.14 bits per heavy atom.